The summed E-state index contributed by atoms with van der Waals surface area (Å²) in [5.74, 6) is 0.714. The highest BCUT2D eigenvalue weighted by Crippen LogP contribution is 2.07. The molecule has 0 atom stereocenters. The van der Waals surface area contributed by atoms with Crippen LogP contribution >= 0.6 is 0 Å². The van der Waals surface area contributed by atoms with Crippen molar-refractivity contribution in [2.75, 3.05) is 26.3 Å². The highest BCUT2D eigenvalue weighted by molar-refractivity contribution is 5.75. The van der Waals surface area contributed by atoms with Gasteiger partial charge in [-0.15, -0.1) is 5.10 Å². The van der Waals surface area contributed by atoms with Gasteiger partial charge in [0.25, 0.3) is 0 Å². The summed E-state index contributed by atoms with van der Waals surface area (Å²) in [5, 5.41) is 14.8. The Bertz CT molecular complexity index is 944. The van der Waals surface area contributed by atoms with Crippen LogP contribution in [0, 0.1) is 6.92 Å². The number of imidazole rings is 1. The Labute approximate surface area is 162 Å². The number of aromatic nitrogens is 6. The van der Waals surface area contributed by atoms with Gasteiger partial charge in [0.2, 0.25) is 5.91 Å². The Morgan fingerprint density at radius 2 is 2.11 bits per heavy atom. The van der Waals surface area contributed by atoms with Crippen molar-refractivity contribution in [2.24, 2.45) is 0 Å². The number of hydrogen-bond donors (Lipinski definition) is 1. The topological polar surface area (TPSA) is 102 Å². The fourth-order valence-corrected chi connectivity index (χ4v) is 3.20. The number of pyridine rings is 1. The largest absolute Gasteiger partial charge is 0.379 e. The number of nitrogens with zero attached hydrogens (tertiary/aromatic N) is 7. The van der Waals surface area contributed by atoms with Gasteiger partial charge in [0, 0.05) is 31.9 Å². The van der Waals surface area contributed by atoms with E-state index < -0.39 is 0 Å². The van der Waals surface area contributed by atoms with Gasteiger partial charge in [0.1, 0.15) is 5.65 Å². The third-order valence-corrected chi connectivity index (χ3v) is 4.74. The Morgan fingerprint density at radius 3 is 2.96 bits per heavy atom. The number of aryl methyl sites for hydroxylation is 2. The fraction of sp³-hybridized carbons (Fsp3) is 0.500. The molecule has 10 nitrogen and oxygen atoms in total. The molecule has 28 heavy (non-hydrogen) atoms. The number of hydrogen-bond acceptors (Lipinski definition) is 7. The SMILES string of the molecule is Cc1ccc2nc(CNC(=O)CCn3nnnc3CN3CCOCC3)cn2c1. The first-order chi connectivity index (χ1) is 13.7. The Kier molecular flexibility index (Phi) is 5.58. The molecule has 0 aromatic carbocycles. The van der Waals surface area contributed by atoms with Crippen molar-refractivity contribution < 1.29 is 9.53 Å². The second-order valence-electron chi connectivity index (χ2n) is 6.94. The van der Waals surface area contributed by atoms with Gasteiger partial charge in [-0.05, 0) is 29.0 Å². The third kappa shape index (κ3) is 4.52. The van der Waals surface area contributed by atoms with E-state index in [4.69, 9.17) is 4.74 Å². The van der Waals surface area contributed by atoms with E-state index in [1.807, 2.05) is 35.9 Å². The first kappa shape index (κ1) is 18.5. The number of nitrogens with one attached hydrogen (secondary N) is 1. The second kappa shape index (κ2) is 8.44. The zero-order chi connectivity index (χ0) is 19.3. The number of ether oxygens (including phenoxy) is 1. The minimum atomic E-state index is -0.0546. The van der Waals surface area contributed by atoms with E-state index >= 15 is 0 Å². The molecule has 0 bridgehead atoms. The van der Waals surface area contributed by atoms with E-state index in [1.165, 1.54) is 0 Å². The lowest BCUT2D eigenvalue weighted by molar-refractivity contribution is -0.121. The first-order valence-electron chi connectivity index (χ1n) is 9.43. The van der Waals surface area contributed by atoms with Gasteiger partial charge in [-0.25, -0.2) is 9.67 Å². The molecule has 0 saturated carbocycles. The number of fused-ring (bicyclic) bond motifs is 1. The summed E-state index contributed by atoms with van der Waals surface area (Å²) in [5.41, 5.74) is 2.86. The third-order valence-electron chi connectivity index (χ3n) is 4.74. The summed E-state index contributed by atoms with van der Waals surface area (Å²) in [7, 11) is 0. The lowest BCUT2D eigenvalue weighted by atomic mass is 10.3. The van der Waals surface area contributed by atoms with E-state index in [0.717, 1.165) is 49.0 Å². The van der Waals surface area contributed by atoms with Crippen LogP contribution in [0.25, 0.3) is 5.65 Å². The molecular weight excluding hydrogens is 360 g/mol. The molecule has 4 rings (SSSR count). The standard InChI is InChI=1S/C18H24N8O2/c1-14-2-3-16-20-15(12-25(16)11-14)10-19-18(27)4-5-26-17(21-22-23-26)13-24-6-8-28-9-7-24/h2-3,11-12H,4-10,13H2,1H3,(H,19,27). The van der Waals surface area contributed by atoms with Gasteiger partial charge in [0.15, 0.2) is 5.82 Å². The zero-order valence-corrected chi connectivity index (χ0v) is 15.9. The average molecular weight is 384 g/mol. The maximum Gasteiger partial charge on any atom is 0.222 e. The summed E-state index contributed by atoms with van der Waals surface area (Å²) in [6.07, 6.45) is 4.26. The minimum Gasteiger partial charge on any atom is -0.379 e. The normalized spacial score (nSPS) is 15.2. The molecule has 0 aliphatic carbocycles. The van der Waals surface area contributed by atoms with Crippen LogP contribution < -0.4 is 5.32 Å². The van der Waals surface area contributed by atoms with Crippen LogP contribution in [0.4, 0.5) is 0 Å². The monoisotopic (exact) mass is 384 g/mol. The van der Waals surface area contributed by atoms with Crippen LogP contribution in [0.1, 0.15) is 23.5 Å². The minimum absolute atomic E-state index is 0.0546. The van der Waals surface area contributed by atoms with Crippen molar-refractivity contribution in [1.29, 1.82) is 0 Å². The molecule has 0 radical (unpaired) electrons. The Balaban J connectivity index is 1.27. The van der Waals surface area contributed by atoms with E-state index in [-0.39, 0.29) is 5.91 Å². The summed E-state index contributed by atoms with van der Waals surface area (Å²) in [4.78, 5) is 19.0. The van der Waals surface area contributed by atoms with Crippen LogP contribution in [-0.2, 0) is 29.2 Å². The number of carbonyl (C=O) groups excluding carboxylic acids is 1. The smallest absolute Gasteiger partial charge is 0.222 e. The quantitative estimate of drug-likeness (QED) is 0.619. The maximum absolute atomic E-state index is 12.2. The van der Waals surface area contributed by atoms with Gasteiger partial charge in [-0.3, -0.25) is 9.69 Å². The van der Waals surface area contributed by atoms with Crippen molar-refractivity contribution in [3.63, 3.8) is 0 Å². The highest BCUT2D eigenvalue weighted by atomic mass is 16.5. The van der Waals surface area contributed by atoms with Gasteiger partial charge in [-0.1, -0.05) is 6.07 Å². The van der Waals surface area contributed by atoms with E-state index in [1.54, 1.807) is 4.68 Å². The molecule has 1 fully saturated rings. The Morgan fingerprint density at radius 1 is 1.25 bits per heavy atom. The molecule has 3 aromatic heterocycles. The average Bonchev–Trinajstić information content (AvgIpc) is 3.31. The molecule has 4 heterocycles. The predicted molar refractivity (Wildman–Crippen MR) is 100 cm³/mol. The number of rotatable bonds is 7. The predicted octanol–water partition coefficient (Wildman–Crippen LogP) is 0.168. The van der Waals surface area contributed by atoms with E-state index in [9.17, 15) is 4.79 Å². The summed E-state index contributed by atoms with van der Waals surface area (Å²) in [6, 6.07) is 3.99. The van der Waals surface area contributed by atoms with Gasteiger partial charge in [-0.2, -0.15) is 0 Å². The number of carbonyl (C=O) groups is 1. The van der Waals surface area contributed by atoms with E-state index in [2.05, 4.69) is 30.7 Å². The molecule has 10 heteroatoms. The van der Waals surface area contributed by atoms with Crippen LogP contribution in [0.3, 0.4) is 0 Å². The second-order valence-corrected chi connectivity index (χ2v) is 6.94. The molecule has 3 aromatic rings. The first-order valence-corrected chi connectivity index (χ1v) is 9.43. The molecule has 0 unspecified atom stereocenters. The van der Waals surface area contributed by atoms with Crippen LogP contribution in [-0.4, -0.2) is 66.7 Å². The van der Waals surface area contributed by atoms with Crippen molar-refractivity contribution >= 4 is 11.6 Å². The van der Waals surface area contributed by atoms with Crippen molar-refractivity contribution in [3.8, 4) is 0 Å². The lowest BCUT2D eigenvalue weighted by Gasteiger charge is -2.25. The maximum atomic E-state index is 12.2. The zero-order valence-electron chi connectivity index (χ0n) is 15.9. The molecule has 1 saturated heterocycles. The lowest BCUT2D eigenvalue weighted by Crippen LogP contribution is -2.36. The summed E-state index contributed by atoms with van der Waals surface area (Å²) < 4.78 is 9.02. The highest BCUT2D eigenvalue weighted by Gasteiger charge is 2.15. The van der Waals surface area contributed by atoms with Crippen molar-refractivity contribution in [2.45, 2.75) is 33.0 Å². The van der Waals surface area contributed by atoms with Crippen molar-refractivity contribution in [1.82, 2.24) is 39.8 Å². The fourth-order valence-electron chi connectivity index (χ4n) is 3.20. The summed E-state index contributed by atoms with van der Waals surface area (Å²) in [6.45, 7) is 6.74. The van der Waals surface area contributed by atoms with Crippen molar-refractivity contribution in [3.05, 3.63) is 41.6 Å². The van der Waals surface area contributed by atoms with E-state index in [0.29, 0.717) is 26.1 Å². The molecule has 1 aliphatic heterocycles. The van der Waals surface area contributed by atoms with Crippen LogP contribution in [0.15, 0.2) is 24.5 Å². The van der Waals surface area contributed by atoms with Gasteiger partial charge >= 0.3 is 0 Å². The number of tetrazole rings is 1. The molecule has 1 N–H and O–H groups in total. The van der Waals surface area contributed by atoms with Gasteiger partial charge < -0.3 is 14.5 Å². The van der Waals surface area contributed by atoms with Gasteiger partial charge in [0.05, 0.1) is 38.5 Å². The number of amides is 1. The Hall–Kier alpha value is -2.85. The van der Waals surface area contributed by atoms with Crippen LogP contribution in [0.2, 0.25) is 0 Å². The molecular formula is C18H24N8O2. The number of morpholine rings is 1. The molecule has 148 valence electrons. The molecule has 1 aliphatic rings. The summed E-state index contributed by atoms with van der Waals surface area (Å²) >= 11 is 0. The molecule has 1 amide bonds. The van der Waals surface area contributed by atoms with Crippen LogP contribution in [0.5, 0.6) is 0 Å². The molecule has 0 spiro atoms.